The molecule has 22 heavy (non-hydrogen) atoms. The monoisotopic (exact) mass is 294 g/mol. The predicted octanol–water partition coefficient (Wildman–Crippen LogP) is 5.57. The van der Waals surface area contributed by atoms with Crippen LogP contribution in [0.5, 0.6) is 11.5 Å². The first-order chi connectivity index (χ1) is 10.8. The molecule has 0 radical (unpaired) electrons. The average Bonchev–Trinajstić information content (AvgIpc) is 2.57. The summed E-state index contributed by atoms with van der Waals surface area (Å²) < 4.78 is 11.9. The van der Waals surface area contributed by atoms with Crippen molar-refractivity contribution in [2.75, 3.05) is 13.2 Å². The second kappa shape index (κ2) is 6.69. The van der Waals surface area contributed by atoms with Crippen molar-refractivity contribution in [1.82, 2.24) is 0 Å². The van der Waals surface area contributed by atoms with Crippen molar-refractivity contribution in [2.45, 2.75) is 26.7 Å². The summed E-state index contributed by atoms with van der Waals surface area (Å²) in [5, 5.41) is 4.84. The van der Waals surface area contributed by atoms with Crippen LogP contribution in [0.3, 0.4) is 0 Å². The Balaban J connectivity index is 2.19. The topological polar surface area (TPSA) is 18.5 Å². The minimum absolute atomic E-state index is 0.703. The van der Waals surface area contributed by atoms with E-state index in [9.17, 15) is 0 Å². The molecule has 0 bridgehead atoms. The second-order valence-corrected chi connectivity index (χ2v) is 5.47. The highest BCUT2D eigenvalue weighted by Gasteiger charge is 2.12. The molecule has 3 aromatic carbocycles. The van der Waals surface area contributed by atoms with Crippen molar-refractivity contribution in [3.63, 3.8) is 0 Å². The number of fused-ring (bicyclic) bond motifs is 3. The maximum Gasteiger partial charge on any atom is 0.168 e. The molecule has 0 aromatic heterocycles. The van der Waals surface area contributed by atoms with Gasteiger partial charge in [-0.3, -0.25) is 0 Å². The second-order valence-electron chi connectivity index (χ2n) is 5.47. The Hall–Kier alpha value is -2.22. The molecular formula is C20H22O2. The fraction of sp³-hybridized carbons (Fsp3) is 0.300. The van der Waals surface area contributed by atoms with Crippen molar-refractivity contribution in [3.05, 3.63) is 48.5 Å². The quantitative estimate of drug-likeness (QED) is 0.553. The van der Waals surface area contributed by atoms with E-state index in [1.807, 2.05) is 6.07 Å². The van der Waals surface area contributed by atoms with E-state index in [0.717, 1.165) is 29.7 Å². The van der Waals surface area contributed by atoms with Crippen LogP contribution in [0, 0.1) is 0 Å². The first kappa shape index (κ1) is 14.7. The molecule has 2 heteroatoms. The number of benzene rings is 3. The van der Waals surface area contributed by atoms with Crippen molar-refractivity contribution in [2.24, 2.45) is 0 Å². The molecule has 0 amide bonds. The van der Waals surface area contributed by atoms with Crippen LogP contribution in [0.1, 0.15) is 26.7 Å². The SMILES string of the molecule is CCCOc1ccc2c(ccc3ccccc32)c1OCCC. The standard InChI is InChI=1S/C20H22O2/c1-3-13-21-19-12-11-17-16-8-6-5-7-15(16)9-10-18(17)20(19)22-14-4-2/h5-12H,3-4,13-14H2,1-2H3. The number of hydrogen-bond donors (Lipinski definition) is 0. The largest absolute Gasteiger partial charge is 0.490 e. The van der Waals surface area contributed by atoms with E-state index in [0.29, 0.717) is 13.2 Å². The van der Waals surface area contributed by atoms with Gasteiger partial charge in [0.15, 0.2) is 11.5 Å². The zero-order valence-electron chi connectivity index (χ0n) is 13.3. The summed E-state index contributed by atoms with van der Waals surface area (Å²) in [6.45, 7) is 5.64. The minimum Gasteiger partial charge on any atom is -0.490 e. The van der Waals surface area contributed by atoms with E-state index in [2.05, 4.69) is 56.3 Å². The molecule has 0 heterocycles. The molecule has 0 saturated heterocycles. The summed E-state index contributed by atoms with van der Waals surface area (Å²) >= 11 is 0. The fourth-order valence-corrected chi connectivity index (χ4v) is 2.72. The van der Waals surface area contributed by atoms with Crippen LogP contribution in [0.4, 0.5) is 0 Å². The van der Waals surface area contributed by atoms with Crippen LogP contribution in [-0.4, -0.2) is 13.2 Å². The van der Waals surface area contributed by atoms with Gasteiger partial charge in [0.2, 0.25) is 0 Å². The normalized spacial score (nSPS) is 11.0. The lowest BCUT2D eigenvalue weighted by Gasteiger charge is -2.15. The maximum atomic E-state index is 6.02. The lowest BCUT2D eigenvalue weighted by Crippen LogP contribution is -2.01. The van der Waals surface area contributed by atoms with Crippen LogP contribution in [0.2, 0.25) is 0 Å². The van der Waals surface area contributed by atoms with Crippen molar-refractivity contribution in [3.8, 4) is 11.5 Å². The highest BCUT2D eigenvalue weighted by molar-refractivity contribution is 6.10. The highest BCUT2D eigenvalue weighted by Crippen LogP contribution is 2.39. The van der Waals surface area contributed by atoms with Crippen LogP contribution >= 0.6 is 0 Å². The Bertz CT molecular complexity index is 777. The third-order valence-electron chi connectivity index (χ3n) is 3.75. The van der Waals surface area contributed by atoms with Crippen molar-refractivity contribution in [1.29, 1.82) is 0 Å². The van der Waals surface area contributed by atoms with E-state index < -0.39 is 0 Å². The molecule has 0 aliphatic rings. The molecule has 0 aliphatic heterocycles. The van der Waals surface area contributed by atoms with Crippen molar-refractivity contribution >= 4 is 21.5 Å². The lowest BCUT2D eigenvalue weighted by atomic mass is 10.0. The smallest absolute Gasteiger partial charge is 0.168 e. The van der Waals surface area contributed by atoms with Gasteiger partial charge >= 0.3 is 0 Å². The Morgan fingerprint density at radius 3 is 2.23 bits per heavy atom. The van der Waals surface area contributed by atoms with Crippen LogP contribution in [0.15, 0.2) is 48.5 Å². The third-order valence-corrected chi connectivity index (χ3v) is 3.75. The molecule has 0 fully saturated rings. The summed E-state index contributed by atoms with van der Waals surface area (Å²) in [6, 6.07) is 16.9. The Morgan fingerprint density at radius 1 is 0.682 bits per heavy atom. The summed E-state index contributed by atoms with van der Waals surface area (Å²) in [5.41, 5.74) is 0. The van der Waals surface area contributed by atoms with Gasteiger partial charge < -0.3 is 9.47 Å². The summed E-state index contributed by atoms with van der Waals surface area (Å²) in [6.07, 6.45) is 1.97. The molecule has 0 saturated carbocycles. The Kier molecular flexibility index (Phi) is 4.47. The van der Waals surface area contributed by atoms with E-state index in [1.54, 1.807) is 0 Å². The van der Waals surface area contributed by atoms with Gasteiger partial charge in [0.1, 0.15) is 0 Å². The molecule has 0 unspecified atom stereocenters. The summed E-state index contributed by atoms with van der Waals surface area (Å²) in [7, 11) is 0. The number of hydrogen-bond acceptors (Lipinski definition) is 2. The average molecular weight is 294 g/mol. The zero-order valence-corrected chi connectivity index (χ0v) is 13.3. The van der Waals surface area contributed by atoms with E-state index in [1.165, 1.54) is 16.2 Å². The van der Waals surface area contributed by atoms with Gasteiger partial charge in [-0.1, -0.05) is 44.2 Å². The van der Waals surface area contributed by atoms with Gasteiger partial charge in [-0.2, -0.15) is 0 Å². The van der Waals surface area contributed by atoms with Gasteiger partial charge in [-0.15, -0.1) is 0 Å². The predicted molar refractivity (Wildman–Crippen MR) is 93.0 cm³/mol. The molecule has 0 N–H and O–H groups in total. The molecule has 114 valence electrons. The summed E-state index contributed by atoms with van der Waals surface area (Å²) in [5.74, 6) is 1.72. The molecule has 2 nitrogen and oxygen atoms in total. The highest BCUT2D eigenvalue weighted by atomic mass is 16.5. The number of rotatable bonds is 6. The molecular weight excluding hydrogens is 272 g/mol. The maximum absolute atomic E-state index is 6.02. The van der Waals surface area contributed by atoms with Gasteiger partial charge in [0, 0.05) is 5.39 Å². The van der Waals surface area contributed by atoms with E-state index in [4.69, 9.17) is 9.47 Å². The molecule has 3 rings (SSSR count). The van der Waals surface area contributed by atoms with Crippen LogP contribution in [0.25, 0.3) is 21.5 Å². The van der Waals surface area contributed by atoms with E-state index >= 15 is 0 Å². The third kappa shape index (κ3) is 2.74. The van der Waals surface area contributed by atoms with E-state index in [-0.39, 0.29) is 0 Å². The first-order valence-electron chi connectivity index (χ1n) is 8.05. The molecule has 0 aliphatic carbocycles. The molecule has 3 aromatic rings. The molecule has 0 atom stereocenters. The number of ether oxygens (including phenoxy) is 2. The Morgan fingerprint density at radius 2 is 1.41 bits per heavy atom. The molecule has 0 spiro atoms. The van der Waals surface area contributed by atoms with Crippen LogP contribution < -0.4 is 9.47 Å². The van der Waals surface area contributed by atoms with Crippen LogP contribution in [-0.2, 0) is 0 Å². The van der Waals surface area contributed by atoms with Crippen molar-refractivity contribution < 1.29 is 9.47 Å². The zero-order chi connectivity index (χ0) is 15.4. The van der Waals surface area contributed by atoms with Gasteiger partial charge in [0.05, 0.1) is 13.2 Å². The fourth-order valence-electron chi connectivity index (χ4n) is 2.72. The van der Waals surface area contributed by atoms with Gasteiger partial charge in [0.25, 0.3) is 0 Å². The first-order valence-corrected chi connectivity index (χ1v) is 8.05. The van der Waals surface area contributed by atoms with Gasteiger partial charge in [-0.05, 0) is 47.2 Å². The minimum atomic E-state index is 0.703. The Labute approximate surface area is 131 Å². The lowest BCUT2D eigenvalue weighted by molar-refractivity contribution is 0.271. The van der Waals surface area contributed by atoms with Gasteiger partial charge in [-0.25, -0.2) is 0 Å². The summed E-state index contributed by atoms with van der Waals surface area (Å²) in [4.78, 5) is 0.